The molecule has 134 valence electrons. The lowest BCUT2D eigenvalue weighted by Gasteiger charge is -2.35. The van der Waals surface area contributed by atoms with E-state index >= 15 is 0 Å². The molecule has 0 spiro atoms. The van der Waals surface area contributed by atoms with Gasteiger partial charge in [0.15, 0.2) is 5.82 Å². The van der Waals surface area contributed by atoms with Crippen LogP contribution in [0.5, 0.6) is 0 Å². The smallest absolute Gasteiger partial charge is 0.266 e. The van der Waals surface area contributed by atoms with Crippen LogP contribution in [0.4, 0.5) is 5.82 Å². The third kappa shape index (κ3) is 3.43. The van der Waals surface area contributed by atoms with Gasteiger partial charge in [-0.25, -0.2) is 4.68 Å². The Hall–Kier alpha value is -2.80. The molecule has 4 rings (SSSR count). The van der Waals surface area contributed by atoms with E-state index < -0.39 is 0 Å². The van der Waals surface area contributed by atoms with Crippen molar-refractivity contribution in [2.45, 2.75) is 13.5 Å². The quantitative estimate of drug-likeness (QED) is 0.707. The minimum atomic E-state index is -0.0414. The molecule has 26 heavy (non-hydrogen) atoms. The van der Waals surface area contributed by atoms with Gasteiger partial charge < -0.3 is 4.90 Å². The zero-order valence-electron chi connectivity index (χ0n) is 14.9. The van der Waals surface area contributed by atoms with E-state index in [1.807, 2.05) is 25.3 Å². The first-order chi connectivity index (χ1) is 12.7. The zero-order valence-corrected chi connectivity index (χ0v) is 14.9. The molecule has 1 aliphatic heterocycles. The molecule has 7 heteroatoms. The summed E-state index contributed by atoms with van der Waals surface area (Å²) < 4.78 is 1.55. The molecule has 0 atom stereocenters. The fourth-order valence-corrected chi connectivity index (χ4v) is 3.38. The van der Waals surface area contributed by atoms with Crippen LogP contribution in [-0.2, 0) is 6.54 Å². The Balaban J connectivity index is 1.39. The number of fused-ring (bicyclic) bond motifs is 1. The van der Waals surface area contributed by atoms with Crippen molar-refractivity contribution in [1.29, 1.82) is 0 Å². The van der Waals surface area contributed by atoms with Gasteiger partial charge in [0.05, 0.1) is 18.4 Å². The van der Waals surface area contributed by atoms with E-state index in [0.29, 0.717) is 6.54 Å². The number of aromatic nitrogens is 4. The molecule has 3 heterocycles. The summed E-state index contributed by atoms with van der Waals surface area (Å²) in [5, 5.41) is 15.1. The average Bonchev–Trinajstić information content (AvgIpc) is 2.69. The van der Waals surface area contributed by atoms with Crippen molar-refractivity contribution in [2.24, 2.45) is 0 Å². The molecule has 0 aliphatic carbocycles. The molecule has 1 aliphatic rings. The topological polar surface area (TPSA) is 67.2 Å². The van der Waals surface area contributed by atoms with Crippen LogP contribution in [0.15, 0.2) is 47.4 Å². The summed E-state index contributed by atoms with van der Waals surface area (Å²) in [7, 11) is 0. The third-order valence-electron chi connectivity index (χ3n) is 4.85. The summed E-state index contributed by atoms with van der Waals surface area (Å²) in [4.78, 5) is 16.5. The molecular formula is C19H22N6O. The number of rotatable bonds is 4. The number of hydrogen-bond acceptors (Lipinski definition) is 6. The summed E-state index contributed by atoms with van der Waals surface area (Å²) >= 11 is 0. The van der Waals surface area contributed by atoms with Crippen molar-refractivity contribution >= 4 is 16.6 Å². The largest absolute Gasteiger partial charge is 0.352 e. The minimum Gasteiger partial charge on any atom is -0.352 e. The maximum absolute atomic E-state index is 11.9. The van der Waals surface area contributed by atoms with Crippen molar-refractivity contribution in [2.75, 3.05) is 37.6 Å². The van der Waals surface area contributed by atoms with Crippen molar-refractivity contribution in [1.82, 2.24) is 24.9 Å². The number of anilines is 1. The molecule has 0 radical (unpaired) electrons. The van der Waals surface area contributed by atoms with Gasteiger partial charge in [0.2, 0.25) is 0 Å². The molecule has 1 saturated heterocycles. The fraction of sp³-hybridized carbons (Fsp3) is 0.368. The normalized spacial score (nSPS) is 15.5. The molecule has 7 nitrogen and oxygen atoms in total. The second-order valence-electron chi connectivity index (χ2n) is 6.62. The van der Waals surface area contributed by atoms with E-state index in [1.165, 1.54) is 0 Å². The predicted octanol–water partition coefficient (Wildman–Crippen LogP) is 1.32. The summed E-state index contributed by atoms with van der Waals surface area (Å²) in [6.45, 7) is 7.02. The summed E-state index contributed by atoms with van der Waals surface area (Å²) in [6.07, 6.45) is 1.81. The number of benzene rings is 1. The number of aryl methyl sites for hydroxylation is 1. The monoisotopic (exact) mass is 350 g/mol. The van der Waals surface area contributed by atoms with Gasteiger partial charge in [-0.15, -0.1) is 5.10 Å². The average molecular weight is 350 g/mol. The molecule has 1 aromatic carbocycles. The summed E-state index contributed by atoms with van der Waals surface area (Å²) in [6, 6.07) is 11.6. The van der Waals surface area contributed by atoms with Crippen molar-refractivity contribution in [3.05, 3.63) is 58.6 Å². The van der Waals surface area contributed by atoms with Gasteiger partial charge in [-0.05, 0) is 13.0 Å². The highest BCUT2D eigenvalue weighted by molar-refractivity contribution is 5.91. The van der Waals surface area contributed by atoms with E-state index in [0.717, 1.165) is 55.0 Å². The second kappa shape index (κ2) is 7.21. The first-order valence-corrected chi connectivity index (χ1v) is 8.93. The van der Waals surface area contributed by atoms with Crippen LogP contribution < -0.4 is 10.5 Å². The molecule has 0 N–H and O–H groups in total. The maximum atomic E-state index is 11.9. The van der Waals surface area contributed by atoms with Crippen LogP contribution in [0.3, 0.4) is 0 Å². The van der Waals surface area contributed by atoms with Gasteiger partial charge in [-0.2, -0.15) is 10.2 Å². The fourth-order valence-electron chi connectivity index (χ4n) is 3.38. The van der Waals surface area contributed by atoms with Gasteiger partial charge in [-0.1, -0.05) is 24.3 Å². The highest BCUT2D eigenvalue weighted by Crippen LogP contribution is 2.23. The Morgan fingerprint density at radius 3 is 2.65 bits per heavy atom. The second-order valence-corrected chi connectivity index (χ2v) is 6.62. The van der Waals surface area contributed by atoms with Crippen LogP contribution in [0.25, 0.3) is 10.8 Å². The van der Waals surface area contributed by atoms with Crippen LogP contribution >= 0.6 is 0 Å². The molecule has 1 fully saturated rings. The molecule has 0 unspecified atom stereocenters. The highest BCUT2D eigenvalue weighted by Gasteiger charge is 2.20. The third-order valence-corrected chi connectivity index (χ3v) is 4.85. The lowest BCUT2D eigenvalue weighted by atomic mass is 10.1. The van der Waals surface area contributed by atoms with Gasteiger partial charge >= 0.3 is 0 Å². The number of hydrogen-bond donors (Lipinski definition) is 0. The van der Waals surface area contributed by atoms with E-state index in [4.69, 9.17) is 0 Å². The maximum Gasteiger partial charge on any atom is 0.266 e. The van der Waals surface area contributed by atoms with Crippen molar-refractivity contribution in [3.8, 4) is 0 Å². The summed E-state index contributed by atoms with van der Waals surface area (Å²) in [5.41, 5.74) is 0.823. The first kappa shape index (κ1) is 16.7. The predicted molar refractivity (Wildman–Crippen MR) is 101 cm³/mol. The number of piperazine rings is 1. The van der Waals surface area contributed by atoms with Gasteiger partial charge in [0.1, 0.15) is 0 Å². The Labute approximate surface area is 151 Å². The van der Waals surface area contributed by atoms with Gasteiger partial charge in [-0.3, -0.25) is 9.69 Å². The SMILES string of the molecule is Cc1ccc(=O)n(CCN2CCN(c3nncc4ccccc34)CC2)n1. The van der Waals surface area contributed by atoms with E-state index in [2.05, 4.69) is 37.2 Å². The summed E-state index contributed by atoms with van der Waals surface area (Å²) in [5.74, 6) is 0.958. The number of nitrogens with zero attached hydrogens (tertiary/aromatic N) is 6. The van der Waals surface area contributed by atoms with E-state index in [9.17, 15) is 4.79 Å². The van der Waals surface area contributed by atoms with E-state index in [-0.39, 0.29) is 5.56 Å². The van der Waals surface area contributed by atoms with Crippen molar-refractivity contribution in [3.63, 3.8) is 0 Å². The lowest BCUT2D eigenvalue weighted by molar-refractivity contribution is 0.242. The highest BCUT2D eigenvalue weighted by atomic mass is 16.1. The molecule has 0 bridgehead atoms. The van der Waals surface area contributed by atoms with Gasteiger partial charge in [0.25, 0.3) is 5.56 Å². The molecule has 0 amide bonds. The minimum absolute atomic E-state index is 0.0414. The van der Waals surface area contributed by atoms with E-state index in [1.54, 1.807) is 16.8 Å². The van der Waals surface area contributed by atoms with Crippen LogP contribution in [0.1, 0.15) is 5.69 Å². The van der Waals surface area contributed by atoms with Crippen LogP contribution in [0, 0.1) is 6.92 Å². The Morgan fingerprint density at radius 2 is 1.81 bits per heavy atom. The molecule has 0 saturated carbocycles. The standard InChI is InChI=1S/C19H22N6O/c1-15-6-7-18(26)25(22-15)13-10-23-8-11-24(12-9-23)19-17-5-3-2-4-16(17)14-20-21-19/h2-7,14H,8-13H2,1H3. The Kier molecular flexibility index (Phi) is 4.62. The van der Waals surface area contributed by atoms with Gasteiger partial charge in [0, 0.05) is 49.6 Å². The Morgan fingerprint density at radius 1 is 1.00 bits per heavy atom. The zero-order chi connectivity index (χ0) is 17.9. The molecule has 2 aromatic heterocycles. The lowest BCUT2D eigenvalue weighted by Crippen LogP contribution is -2.48. The van der Waals surface area contributed by atoms with Crippen LogP contribution in [-0.4, -0.2) is 57.6 Å². The van der Waals surface area contributed by atoms with Crippen molar-refractivity contribution < 1.29 is 0 Å². The molecular weight excluding hydrogens is 328 g/mol. The molecule has 3 aromatic rings. The first-order valence-electron chi connectivity index (χ1n) is 8.93. The Bertz CT molecular complexity index is 956. The van der Waals surface area contributed by atoms with Crippen LogP contribution in [0.2, 0.25) is 0 Å².